The maximum atomic E-state index is 10.1. The predicted molar refractivity (Wildman–Crippen MR) is 69.7 cm³/mol. The molecular formula is C12H12BrNOS. The highest BCUT2D eigenvalue weighted by Gasteiger charge is 2.12. The van der Waals surface area contributed by atoms with Gasteiger partial charge >= 0.3 is 0 Å². The van der Waals surface area contributed by atoms with Crippen LogP contribution in [0.5, 0.6) is 0 Å². The Balaban J connectivity index is 2.14. The number of aliphatic hydroxyl groups excluding tert-OH is 1. The summed E-state index contributed by atoms with van der Waals surface area (Å²) >= 11 is 5.07. The third kappa shape index (κ3) is 2.70. The summed E-state index contributed by atoms with van der Waals surface area (Å²) in [4.78, 5) is 5.20. The lowest BCUT2D eigenvalue weighted by Crippen LogP contribution is -2.03. The van der Waals surface area contributed by atoms with E-state index in [1.165, 1.54) is 4.88 Å². The number of pyridine rings is 1. The van der Waals surface area contributed by atoms with E-state index >= 15 is 0 Å². The fourth-order valence-corrected chi connectivity index (χ4v) is 3.11. The van der Waals surface area contributed by atoms with E-state index in [9.17, 15) is 5.11 Å². The van der Waals surface area contributed by atoms with Crippen molar-refractivity contribution >= 4 is 27.3 Å². The predicted octanol–water partition coefficient (Wildman–Crippen LogP) is 3.49. The van der Waals surface area contributed by atoms with Crippen LogP contribution in [0.15, 0.2) is 34.4 Å². The van der Waals surface area contributed by atoms with Crippen LogP contribution in [-0.2, 0) is 6.42 Å². The third-order valence-corrected chi connectivity index (χ3v) is 4.16. The van der Waals surface area contributed by atoms with Crippen molar-refractivity contribution in [2.24, 2.45) is 0 Å². The number of aryl methyl sites for hydroxylation is 1. The van der Waals surface area contributed by atoms with E-state index in [1.807, 2.05) is 24.4 Å². The molecule has 1 atom stereocenters. The SMILES string of the molecule is Cc1cnccc1C(O)Cc1cc(Br)cs1. The zero-order valence-corrected chi connectivity index (χ0v) is 11.3. The Morgan fingerprint density at radius 3 is 3.00 bits per heavy atom. The van der Waals surface area contributed by atoms with Gasteiger partial charge in [-0.2, -0.15) is 0 Å². The van der Waals surface area contributed by atoms with Crippen molar-refractivity contribution in [2.45, 2.75) is 19.4 Å². The molecule has 0 aliphatic heterocycles. The average molecular weight is 298 g/mol. The first kappa shape index (κ1) is 11.8. The van der Waals surface area contributed by atoms with Gasteiger partial charge in [0.15, 0.2) is 0 Å². The van der Waals surface area contributed by atoms with Crippen LogP contribution < -0.4 is 0 Å². The van der Waals surface area contributed by atoms with Crippen LogP contribution in [0, 0.1) is 6.92 Å². The van der Waals surface area contributed by atoms with Crippen molar-refractivity contribution in [2.75, 3.05) is 0 Å². The number of hydrogen-bond donors (Lipinski definition) is 1. The monoisotopic (exact) mass is 297 g/mol. The first-order valence-electron chi connectivity index (χ1n) is 4.98. The van der Waals surface area contributed by atoms with Gasteiger partial charge in [-0.15, -0.1) is 11.3 Å². The zero-order valence-electron chi connectivity index (χ0n) is 8.85. The number of thiophene rings is 1. The van der Waals surface area contributed by atoms with Crippen LogP contribution in [0.1, 0.15) is 22.1 Å². The maximum Gasteiger partial charge on any atom is 0.0841 e. The van der Waals surface area contributed by atoms with E-state index in [2.05, 4.69) is 20.9 Å². The maximum absolute atomic E-state index is 10.1. The molecule has 2 rings (SSSR count). The second kappa shape index (κ2) is 5.08. The summed E-state index contributed by atoms with van der Waals surface area (Å²) < 4.78 is 1.08. The van der Waals surface area contributed by atoms with Gasteiger partial charge in [-0.05, 0) is 46.1 Å². The lowest BCUT2D eigenvalue weighted by molar-refractivity contribution is 0.178. The van der Waals surface area contributed by atoms with Crippen LogP contribution >= 0.6 is 27.3 Å². The molecule has 0 amide bonds. The molecule has 0 fully saturated rings. The molecule has 0 aliphatic carbocycles. The van der Waals surface area contributed by atoms with Crippen molar-refractivity contribution in [1.29, 1.82) is 0 Å². The van der Waals surface area contributed by atoms with Crippen molar-refractivity contribution in [3.05, 3.63) is 50.4 Å². The molecule has 84 valence electrons. The summed E-state index contributed by atoms with van der Waals surface area (Å²) in [6.45, 7) is 1.97. The topological polar surface area (TPSA) is 33.1 Å². The molecule has 2 heterocycles. The second-order valence-electron chi connectivity index (χ2n) is 3.68. The van der Waals surface area contributed by atoms with Crippen LogP contribution in [0.4, 0.5) is 0 Å². The fourth-order valence-electron chi connectivity index (χ4n) is 1.62. The molecular weight excluding hydrogens is 286 g/mol. The Kier molecular flexibility index (Phi) is 3.74. The van der Waals surface area contributed by atoms with Crippen molar-refractivity contribution in [1.82, 2.24) is 4.98 Å². The summed E-state index contributed by atoms with van der Waals surface area (Å²) in [5.41, 5.74) is 1.99. The second-order valence-corrected chi connectivity index (χ2v) is 5.59. The van der Waals surface area contributed by atoms with Crippen molar-refractivity contribution in [3.8, 4) is 0 Å². The quantitative estimate of drug-likeness (QED) is 0.941. The van der Waals surface area contributed by atoms with E-state index in [1.54, 1.807) is 23.7 Å². The highest BCUT2D eigenvalue weighted by Crippen LogP contribution is 2.26. The largest absolute Gasteiger partial charge is 0.388 e. The summed E-state index contributed by atoms with van der Waals surface area (Å²) in [6.07, 6.45) is 3.70. The highest BCUT2D eigenvalue weighted by molar-refractivity contribution is 9.10. The van der Waals surface area contributed by atoms with Gasteiger partial charge in [0.05, 0.1) is 6.10 Å². The summed E-state index contributed by atoms with van der Waals surface area (Å²) in [5, 5.41) is 12.2. The summed E-state index contributed by atoms with van der Waals surface area (Å²) in [7, 11) is 0. The molecule has 2 aromatic heterocycles. The molecule has 1 N–H and O–H groups in total. The molecule has 16 heavy (non-hydrogen) atoms. The Morgan fingerprint density at radius 2 is 2.38 bits per heavy atom. The lowest BCUT2D eigenvalue weighted by atomic mass is 10.0. The first-order valence-corrected chi connectivity index (χ1v) is 6.65. The van der Waals surface area contributed by atoms with Gasteiger partial charge in [0.2, 0.25) is 0 Å². The molecule has 2 nitrogen and oxygen atoms in total. The number of halogens is 1. The average Bonchev–Trinajstić information content (AvgIpc) is 2.64. The smallest absolute Gasteiger partial charge is 0.0841 e. The molecule has 4 heteroatoms. The Hall–Kier alpha value is -0.710. The number of rotatable bonds is 3. The van der Waals surface area contributed by atoms with Crippen LogP contribution in [0.3, 0.4) is 0 Å². The van der Waals surface area contributed by atoms with Crippen LogP contribution in [-0.4, -0.2) is 10.1 Å². The van der Waals surface area contributed by atoms with Crippen LogP contribution in [0.25, 0.3) is 0 Å². The number of nitrogens with zero attached hydrogens (tertiary/aromatic N) is 1. The van der Waals surface area contributed by atoms with Gasteiger partial charge in [-0.25, -0.2) is 0 Å². The molecule has 0 radical (unpaired) electrons. The van der Waals surface area contributed by atoms with Crippen molar-refractivity contribution in [3.63, 3.8) is 0 Å². The van der Waals surface area contributed by atoms with Gasteiger partial charge in [-0.1, -0.05) is 0 Å². The summed E-state index contributed by atoms with van der Waals surface area (Å²) in [6, 6.07) is 3.92. The lowest BCUT2D eigenvalue weighted by Gasteiger charge is -2.11. The van der Waals surface area contributed by atoms with Crippen molar-refractivity contribution < 1.29 is 5.11 Å². The minimum Gasteiger partial charge on any atom is -0.388 e. The molecule has 0 aromatic carbocycles. The minimum absolute atomic E-state index is 0.450. The molecule has 0 aliphatic rings. The molecule has 2 aromatic rings. The Bertz CT molecular complexity index is 483. The molecule has 0 spiro atoms. The van der Waals surface area contributed by atoms with E-state index in [0.29, 0.717) is 6.42 Å². The van der Waals surface area contributed by atoms with Gasteiger partial charge in [0, 0.05) is 33.5 Å². The number of hydrogen-bond acceptors (Lipinski definition) is 3. The molecule has 0 saturated heterocycles. The minimum atomic E-state index is -0.450. The van der Waals surface area contributed by atoms with E-state index in [4.69, 9.17) is 0 Å². The van der Waals surface area contributed by atoms with E-state index in [0.717, 1.165) is 15.6 Å². The standard InChI is InChI=1S/C12H12BrNOS/c1-8-6-14-3-2-11(8)12(15)5-10-4-9(13)7-16-10/h2-4,6-7,12,15H,5H2,1H3. The Labute approximate surface area is 107 Å². The third-order valence-electron chi connectivity index (χ3n) is 2.44. The molecule has 1 unspecified atom stereocenters. The van der Waals surface area contributed by atoms with Gasteiger partial charge in [0.25, 0.3) is 0 Å². The molecule has 0 saturated carbocycles. The van der Waals surface area contributed by atoms with Gasteiger partial charge in [0.1, 0.15) is 0 Å². The van der Waals surface area contributed by atoms with E-state index < -0.39 is 6.10 Å². The van der Waals surface area contributed by atoms with Gasteiger partial charge in [-0.3, -0.25) is 4.98 Å². The Morgan fingerprint density at radius 1 is 1.56 bits per heavy atom. The van der Waals surface area contributed by atoms with Crippen LogP contribution in [0.2, 0.25) is 0 Å². The highest BCUT2D eigenvalue weighted by atomic mass is 79.9. The normalized spacial score (nSPS) is 12.7. The number of aliphatic hydroxyl groups is 1. The zero-order chi connectivity index (χ0) is 11.5. The fraction of sp³-hybridized carbons (Fsp3) is 0.250. The first-order chi connectivity index (χ1) is 7.66. The summed E-state index contributed by atoms with van der Waals surface area (Å²) in [5.74, 6) is 0. The molecule has 0 bridgehead atoms. The van der Waals surface area contributed by atoms with Gasteiger partial charge < -0.3 is 5.11 Å². The number of aromatic nitrogens is 1. The van der Waals surface area contributed by atoms with E-state index in [-0.39, 0.29) is 0 Å².